The first kappa shape index (κ1) is 13.6. The second-order valence-electron chi connectivity index (χ2n) is 5.23. The van der Waals surface area contributed by atoms with Gasteiger partial charge in [-0.05, 0) is 47.0 Å². The number of hydrogen-bond donors (Lipinski definition) is 0. The molecular weight excluding hydrogens is 244 g/mol. The van der Waals surface area contributed by atoms with Crippen LogP contribution in [0, 0.1) is 0 Å². The van der Waals surface area contributed by atoms with E-state index in [0.29, 0.717) is 6.42 Å². The molecule has 0 fully saturated rings. The van der Waals surface area contributed by atoms with E-state index in [1.165, 1.54) is 11.1 Å². The largest absolute Gasteiger partial charge is 0.228 e. The molecule has 18 heavy (non-hydrogen) atoms. The van der Waals surface area contributed by atoms with Gasteiger partial charge < -0.3 is 0 Å². The predicted molar refractivity (Wildman–Crippen MR) is 78.4 cm³/mol. The predicted octanol–water partition coefficient (Wildman–Crippen LogP) is 3.81. The number of allylic oxidation sites excluding steroid dienone is 4. The zero-order valence-corrected chi connectivity index (χ0v) is 12.5. The lowest BCUT2D eigenvalue weighted by atomic mass is 10.1. The van der Waals surface area contributed by atoms with Crippen LogP contribution >= 0.6 is 0 Å². The summed E-state index contributed by atoms with van der Waals surface area (Å²) in [5, 5.41) is -0.492. The molecule has 1 aliphatic heterocycles. The first-order chi connectivity index (χ1) is 8.75. The van der Waals surface area contributed by atoms with Crippen LogP contribution in [0.1, 0.15) is 48.3 Å². The maximum absolute atomic E-state index is 11.9. The fourth-order valence-corrected chi connectivity index (χ4v) is 3.54. The number of hydrogen-bond acceptors (Lipinski definition) is 2. The molecule has 0 amide bonds. The van der Waals surface area contributed by atoms with Crippen LogP contribution in [0.2, 0.25) is 0 Å². The first-order valence-electron chi connectivity index (χ1n) is 6.95. The minimum absolute atomic E-state index is 0.492. The lowest BCUT2D eigenvalue weighted by Gasteiger charge is -2.09. The molecule has 2 nitrogen and oxygen atoms in total. The summed E-state index contributed by atoms with van der Waals surface area (Å²) in [7, 11) is -3.33. The van der Waals surface area contributed by atoms with Gasteiger partial charge in [0.25, 0.3) is 0 Å². The second-order valence-corrected chi connectivity index (χ2v) is 7.25. The highest BCUT2D eigenvalue weighted by Crippen LogP contribution is 2.24. The summed E-state index contributed by atoms with van der Waals surface area (Å²) in [6, 6.07) is 0. The molecule has 3 heteroatoms. The van der Waals surface area contributed by atoms with Gasteiger partial charge in [-0.3, -0.25) is 0 Å². The molecule has 0 saturated heterocycles. The Labute approximate surface area is 113 Å². The van der Waals surface area contributed by atoms with Gasteiger partial charge in [0.1, 0.15) is 0 Å². The smallest absolute Gasteiger partial charge is 0.160 e. The van der Waals surface area contributed by atoms with Crippen LogP contribution in [0.4, 0.5) is 0 Å². The van der Waals surface area contributed by atoms with Crippen LogP contribution in [0.5, 0.6) is 0 Å². The summed E-state index contributed by atoms with van der Waals surface area (Å²) >= 11 is 0. The standard InChI is InChI=1S/C15H24O2S/c1-12(2)6-5-7-13(3)8-9-15-14(4)10-11-18(15,16)17/h6,8,10,15H,5,7,9,11H2,1-4H3/b13-8+/i11D. The van der Waals surface area contributed by atoms with E-state index in [0.717, 1.165) is 18.4 Å². The third-order valence-electron chi connectivity index (χ3n) is 3.20. The van der Waals surface area contributed by atoms with Crippen molar-refractivity contribution in [3.8, 4) is 0 Å². The molecule has 0 aromatic carbocycles. The Morgan fingerprint density at radius 2 is 2.11 bits per heavy atom. The van der Waals surface area contributed by atoms with E-state index in [2.05, 4.69) is 19.9 Å². The fraction of sp³-hybridized carbons (Fsp3) is 0.600. The van der Waals surface area contributed by atoms with Crippen molar-refractivity contribution in [3.05, 3.63) is 34.9 Å². The third-order valence-corrected chi connectivity index (χ3v) is 5.07. The van der Waals surface area contributed by atoms with Gasteiger partial charge in [0.05, 0.1) is 11.0 Å². The van der Waals surface area contributed by atoms with Gasteiger partial charge in [0, 0.05) is 1.37 Å². The molecule has 0 N–H and O–H groups in total. The van der Waals surface area contributed by atoms with Crippen molar-refractivity contribution < 1.29 is 9.79 Å². The van der Waals surface area contributed by atoms with Crippen molar-refractivity contribution in [2.75, 3.05) is 5.73 Å². The van der Waals surface area contributed by atoms with Gasteiger partial charge in [0.2, 0.25) is 0 Å². The van der Waals surface area contributed by atoms with Crippen LogP contribution in [0.15, 0.2) is 34.9 Å². The Kier molecular flexibility index (Phi) is 4.81. The molecule has 1 heterocycles. The molecule has 0 aromatic heterocycles. The maximum Gasteiger partial charge on any atom is 0.160 e. The van der Waals surface area contributed by atoms with E-state index in [4.69, 9.17) is 1.37 Å². The molecular formula is C15H24O2S. The van der Waals surface area contributed by atoms with Gasteiger partial charge in [-0.15, -0.1) is 0 Å². The second kappa shape index (κ2) is 6.37. The monoisotopic (exact) mass is 269 g/mol. The Hall–Kier alpha value is -0.830. The number of rotatable bonds is 5. The summed E-state index contributed by atoms with van der Waals surface area (Å²) in [4.78, 5) is 0. The van der Waals surface area contributed by atoms with Crippen LogP contribution in [0.25, 0.3) is 0 Å². The Morgan fingerprint density at radius 3 is 2.61 bits per heavy atom. The van der Waals surface area contributed by atoms with E-state index < -0.39 is 20.8 Å². The van der Waals surface area contributed by atoms with Gasteiger partial charge >= 0.3 is 0 Å². The van der Waals surface area contributed by atoms with Crippen molar-refractivity contribution in [3.63, 3.8) is 0 Å². The minimum Gasteiger partial charge on any atom is -0.228 e. The topological polar surface area (TPSA) is 34.1 Å². The van der Waals surface area contributed by atoms with Gasteiger partial charge in [-0.25, -0.2) is 8.42 Å². The quantitative estimate of drug-likeness (QED) is 0.711. The van der Waals surface area contributed by atoms with Crippen molar-refractivity contribution >= 4 is 9.84 Å². The molecule has 0 spiro atoms. The highest BCUT2D eigenvalue weighted by molar-refractivity contribution is 7.92. The van der Waals surface area contributed by atoms with Crippen LogP contribution in [-0.4, -0.2) is 19.4 Å². The van der Waals surface area contributed by atoms with Crippen LogP contribution < -0.4 is 0 Å². The third kappa shape index (κ3) is 4.45. The molecule has 102 valence electrons. The lowest BCUT2D eigenvalue weighted by molar-refractivity contribution is 0.592. The molecule has 2 atom stereocenters. The minimum atomic E-state index is -3.33. The lowest BCUT2D eigenvalue weighted by Crippen LogP contribution is -2.18. The van der Waals surface area contributed by atoms with Crippen molar-refractivity contribution in [1.82, 2.24) is 0 Å². The Bertz CT molecular complexity index is 508. The summed E-state index contributed by atoms with van der Waals surface area (Å²) < 4.78 is 31.4. The fourth-order valence-electron chi connectivity index (χ4n) is 1.98. The molecule has 0 saturated carbocycles. The van der Waals surface area contributed by atoms with Crippen molar-refractivity contribution in [2.45, 2.75) is 52.2 Å². The highest BCUT2D eigenvalue weighted by Gasteiger charge is 2.30. The summed E-state index contributed by atoms with van der Waals surface area (Å²) in [5.41, 5.74) is 2.26. The van der Waals surface area contributed by atoms with E-state index >= 15 is 0 Å². The normalized spacial score (nSPS) is 27.7. The van der Waals surface area contributed by atoms with Crippen molar-refractivity contribution in [2.24, 2.45) is 0 Å². The first-order valence-corrected chi connectivity index (χ1v) is 7.98. The molecule has 0 aromatic rings. The van der Waals surface area contributed by atoms with Crippen molar-refractivity contribution in [1.29, 1.82) is 0 Å². The Morgan fingerprint density at radius 1 is 1.44 bits per heavy atom. The molecule has 1 rings (SSSR count). The molecule has 1 aliphatic rings. The van der Waals surface area contributed by atoms with Gasteiger partial charge in [0.15, 0.2) is 9.84 Å². The SMILES string of the molecule is [2H]C1C=C(C)C(C/C=C(\C)CCC=C(C)C)S1(=O)=O. The van der Waals surface area contributed by atoms with E-state index in [1.54, 1.807) is 6.08 Å². The maximum atomic E-state index is 11.9. The molecule has 0 bridgehead atoms. The zero-order valence-electron chi connectivity index (χ0n) is 12.7. The molecule has 0 radical (unpaired) electrons. The van der Waals surface area contributed by atoms with Gasteiger partial charge in [-0.2, -0.15) is 0 Å². The summed E-state index contributed by atoms with van der Waals surface area (Å²) in [6.45, 7) is 8.00. The molecule has 2 unspecified atom stereocenters. The average Bonchev–Trinajstić information content (AvgIpc) is 2.46. The van der Waals surface area contributed by atoms with Crippen LogP contribution in [-0.2, 0) is 9.84 Å². The molecule has 0 aliphatic carbocycles. The van der Waals surface area contributed by atoms with E-state index in [9.17, 15) is 8.42 Å². The highest BCUT2D eigenvalue weighted by atomic mass is 32.2. The Balaban J connectivity index is 2.61. The average molecular weight is 269 g/mol. The van der Waals surface area contributed by atoms with E-state index in [1.807, 2.05) is 19.9 Å². The van der Waals surface area contributed by atoms with Crippen LogP contribution in [0.3, 0.4) is 0 Å². The summed E-state index contributed by atoms with van der Waals surface area (Å²) in [6.07, 6.45) is 8.21. The number of sulfone groups is 1. The summed E-state index contributed by atoms with van der Waals surface area (Å²) in [5.74, 6) is 0. The zero-order chi connectivity index (χ0) is 14.6. The van der Waals surface area contributed by atoms with Gasteiger partial charge in [-0.1, -0.05) is 34.9 Å². The van der Waals surface area contributed by atoms with E-state index in [-0.39, 0.29) is 0 Å².